The zero-order valence-corrected chi connectivity index (χ0v) is 6.88. The van der Waals surface area contributed by atoms with Gasteiger partial charge in [0.05, 0.1) is 19.3 Å². The highest BCUT2D eigenvalue weighted by Gasteiger charge is 2.31. The number of piperidine rings is 1. The molecule has 2 aliphatic heterocycles. The average molecular weight is 157 g/mol. The van der Waals surface area contributed by atoms with E-state index in [4.69, 9.17) is 9.47 Å². The molecule has 2 heterocycles. The number of ether oxygens (including phenoxy) is 2. The summed E-state index contributed by atoms with van der Waals surface area (Å²) < 4.78 is 10.7. The molecule has 2 fully saturated rings. The Kier molecular flexibility index (Phi) is 2.11. The Morgan fingerprint density at radius 2 is 1.91 bits per heavy atom. The molecule has 0 aromatic heterocycles. The van der Waals surface area contributed by atoms with Gasteiger partial charge in [-0.3, -0.25) is 0 Å². The van der Waals surface area contributed by atoms with Crippen LogP contribution in [0.15, 0.2) is 0 Å². The standard InChI is InChI=1S/C8H15NO2/c1-10-8-2-6-4-11-5-7(3-8)9-6/h6-9H,2-5H2,1H3/t6-,7+,8?. The molecule has 0 aromatic rings. The van der Waals surface area contributed by atoms with Crippen LogP contribution in [-0.4, -0.2) is 38.5 Å². The van der Waals surface area contributed by atoms with Gasteiger partial charge in [0.1, 0.15) is 0 Å². The third-order valence-electron chi connectivity index (χ3n) is 2.54. The molecule has 0 radical (unpaired) electrons. The minimum atomic E-state index is 0.454. The Bertz CT molecular complexity index is 128. The van der Waals surface area contributed by atoms with Gasteiger partial charge >= 0.3 is 0 Å². The first-order valence-corrected chi connectivity index (χ1v) is 4.25. The summed E-state index contributed by atoms with van der Waals surface area (Å²) in [6.45, 7) is 1.72. The van der Waals surface area contributed by atoms with Gasteiger partial charge in [-0.1, -0.05) is 0 Å². The highest BCUT2D eigenvalue weighted by atomic mass is 16.5. The summed E-state index contributed by atoms with van der Waals surface area (Å²) in [7, 11) is 1.80. The summed E-state index contributed by atoms with van der Waals surface area (Å²) in [5.41, 5.74) is 0. The number of morpholine rings is 1. The predicted octanol–water partition coefficient (Wildman–Crippen LogP) is 0.152. The van der Waals surface area contributed by atoms with E-state index in [9.17, 15) is 0 Å². The van der Waals surface area contributed by atoms with Gasteiger partial charge < -0.3 is 14.8 Å². The van der Waals surface area contributed by atoms with Crippen LogP contribution in [0.3, 0.4) is 0 Å². The molecule has 11 heavy (non-hydrogen) atoms. The van der Waals surface area contributed by atoms with E-state index in [0.29, 0.717) is 18.2 Å². The van der Waals surface area contributed by atoms with Crippen molar-refractivity contribution >= 4 is 0 Å². The lowest BCUT2D eigenvalue weighted by Gasteiger charge is -2.39. The van der Waals surface area contributed by atoms with Crippen LogP contribution in [0.4, 0.5) is 0 Å². The van der Waals surface area contributed by atoms with Crippen LogP contribution in [0.5, 0.6) is 0 Å². The topological polar surface area (TPSA) is 30.5 Å². The second-order valence-corrected chi connectivity index (χ2v) is 3.43. The fraction of sp³-hybridized carbons (Fsp3) is 1.00. The minimum absolute atomic E-state index is 0.454. The smallest absolute Gasteiger partial charge is 0.0621 e. The van der Waals surface area contributed by atoms with E-state index < -0.39 is 0 Å². The van der Waals surface area contributed by atoms with Crippen molar-refractivity contribution in [2.24, 2.45) is 0 Å². The van der Waals surface area contributed by atoms with Gasteiger partial charge in [-0.2, -0.15) is 0 Å². The maximum atomic E-state index is 5.41. The monoisotopic (exact) mass is 157 g/mol. The number of fused-ring (bicyclic) bond motifs is 2. The van der Waals surface area contributed by atoms with Gasteiger partial charge in [-0.05, 0) is 12.8 Å². The van der Waals surface area contributed by atoms with Crippen LogP contribution in [0, 0.1) is 0 Å². The number of methoxy groups -OCH3 is 1. The maximum Gasteiger partial charge on any atom is 0.0621 e. The molecule has 0 saturated carbocycles. The number of nitrogens with one attached hydrogen (secondary N) is 1. The van der Waals surface area contributed by atoms with E-state index in [0.717, 1.165) is 26.1 Å². The highest BCUT2D eigenvalue weighted by Crippen LogP contribution is 2.19. The van der Waals surface area contributed by atoms with Crippen LogP contribution in [0.25, 0.3) is 0 Å². The summed E-state index contributed by atoms with van der Waals surface area (Å²) in [5, 5.41) is 3.51. The summed E-state index contributed by atoms with van der Waals surface area (Å²) in [5.74, 6) is 0. The molecule has 2 bridgehead atoms. The van der Waals surface area contributed by atoms with Gasteiger partial charge in [0.2, 0.25) is 0 Å². The molecule has 0 amide bonds. The van der Waals surface area contributed by atoms with Crippen LogP contribution >= 0.6 is 0 Å². The third kappa shape index (κ3) is 1.55. The Morgan fingerprint density at radius 1 is 1.27 bits per heavy atom. The van der Waals surface area contributed by atoms with Crippen molar-refractivity contribution < 1.29 is 9.47 Å². The molecule has 64 valence electrons. The van der Waals surface area contributed by atoms with E-state index >= 15 is 0 Å². The maximum absolute atomic E-state index is 5.41. The molecule has 2 saturated heterocycles. The molecule has 1 unspecified atom stereocenters. The highest BCUT2D eigenvalue weighted by molar-refractivity contribution is 4.88. The van der Waals surface area contributed by atoms with Crippen molar-refractivity contribution in [1.82, 2.24) is 5.32 Å². The molecule has 3 atom stereocenters. The minimum Gasteiger partial charge on any atom is -0.381 e. The second-order valence-electron chi connectivity index (χ2n) is 3.43. The van der Waals surface area contributed by atoms with Gasteiger partial charge in [0.15, 0.2) is 0 Å². The van der Waals surface area contributed by atoms with Gasteiger partial charge in [0.25, 0.3) is 0 Å². The van der Waals surface area contributed by atoms with Crippen LogP contribution < -0.4 is 5.32 Å². The van der Waals surface area contributed by atoms with Gasteiger partial charge in [-0.25, -0.2) is 0 Å². The summed E-state index contributed by atoms with van der Waals surface area (Å²) in [4.78, 5) is 0. The molecular weight excluding hydrogens is 142 g/mol. The Labute approximate surface area is 67.1 Å². The lowest BCUT2D eigenvalue weighted by molar-refractivity contribution is -0.0338. The van der Waals surface area contributed by atoms with E-state index in [-0.39, 0.29) is 0 Å². The molecule has 3 nitrogen and oxygen atoms in total. The molecule has 2 rings (SSSR count). The molecule has 0 aliphatic carbocycles. The van der Waals surface area contributed by atoms with Crippen molar-refractivity contribution in [3.05, 3.63) is 0 Å². The number of rotatable bonds is 1. The van der Waals surface area contributed by atoms with Crippen molar-refractivity contribution in [1.29, 1.82) is 0 Å². The average Bonchev–Trinajstić information content (AvgIpc) is 2.03. The first-order chi connectivity index (χ1) is 5.38. The quantitative estimate of drug-likeness (QED) is 0.588. The molecule has 3 heteroatoms. The predicted molar refractivity (Wildman–Crippen MR) is 41.6 cm³/mol. The van der Waals surface area contributed by atoms with E-state index in [1.165, 1.54) is 0 Å². The molecule has 1 N–H and O–H groups in total. The van der Waals surface area contributed by atoms with E-state index in [1.54, 1.807) is 7.11 Å². The fourth-order valence-electron chi connectivity index (χ4n) is 1.98. The SMILES string of the molecule is COC1C[C@H]2COC[C@@H](C1)N2. The van der Waals surface area contributed by atoms with Gasteiger partial charge in [-0.15, -0.1) is 0 Å². The number of hydrogen-bond acceptors (Lipinski definition) is 3. The van der Waals surface area contributed by atoms with Crippen molar-refractivity contribution in [3.63, 3.8) is 0 Å². The Balaban J connectivity index is 1.94. The molecule has 0 spiro atoms. The van der Waals surface area contributed by atoms with E-state index in [1.807, 2.05) is 0 Å². The molecular formula is C8H15NO2. The zero-order valence-electron chi connectivity index (χ0n) is 6.88. The van der Waals surface area contributed by atoms with E-state index in [2.05, 4.69) is 5.32 Å². The lowest BCUT2D eigenvalue weighted by atomic mass is 9.95. The zero-order chi connectivity index (χ0) is 7.68. The molecule has 2 aliphatic rings. The van der Waals surface area contributed by atoms with Crippen molar-refractivity contribution in [3.8, 4) is 0 Å². The number of hydrogen-bond donors (Lipinski definition) is 1. The summed E-state index contributed by atoms with van der Waals surface area (Å²) >= 11 is 0. The lowest BCUT2D eigenvalue weighted by Crippen LogP contribution is -2.55. The van der Waals surface area contributed by atoms with Gasteiger partial charge in [0, 0.05) is 19.2 Å². The summed E-state index contributed by atoms with van der Waals surface area (Å²) in [6, 6.07) is 1.07. The largest absolute Gasteiger partial charge is 0.381 e. The second kappa shape index (κ2) is 3.09. The Morgan fingerprint density at radius 3 is 2.45 bits per heavy atom. The van der Waals surface area contributed by atoms with Crippen LogP contribution in [0.2, 0.25) is 0 Å². The molecule has 0 aromatic carbocycles. The Hall–Kier alpha value is -0.120. The van der Waals surface area contributed by atoms with Crippen molar-refractivity contribution in [2.75, 3.05) is 20.3 Å². The third-order valence-corrected chi connectivity index (χ3v) is 2.54. The first kappa shape index (κ1) is 7.53. The first-order valence-electron chi connectivity index (χ1n) is 4.25. The van der Waals surface area contributed by atoms with Crippen molar-refractivity contribution in [2.45, 2.75) is 31.0 Å². The fourth-order valence-corrected chi connectivity index (χ4v) is 1.98. The van der Waals surface area contributed by atoms with Crippen LogP contribution in [0.1, 0.15) is 12.8 Å². The normalized spacial score (nSPS) is 43.9. The summed E-state index contributed by atoms with van der Waals surface area (Å²) in [6.07, 6.45) is 2.66. The van der Waals surface area contributed by atoms with Crippen LogP contribution in [-0.2, 0) is 9.47 Å².